The summed E-state index contributed by atoms with van der Waals surface area (Å²) in [5.41, 5.74) is 0.0599. The number of nitrogens with zero attached hydrogens (tertiary/aromatic N) is 3. The molecule has 0 saturated carbocycles. The van der Waals surface area contributed by atoms with Crippen molar-refractivity contribution in [3.05, 3.63) is 35.9 Å². The van der Waals surface area contributed by atoms with E-state index in [2.05, 4.69) is 5.32 Å². The topological polar surface area (TPSA) is 146 Å². The molecule has 1 aromatic carbocycles. The first kappa shape index (κ1) is 44.8. The molecule has 1 aliphatic heterocycles. The Balaban J connectivity index is 2.27. The van der Waals surface area contributed by atoms with Crippen LogP contribution in [-0.2, 0) is 39.9 Å². The van der Waals surface area contributed by atoms with E-state index in [-0.39, 0.29) is 48.7 Å². The molecule has 1 heterocycles. The molecule has 52 heavy (non-hydrogen) atoms. The first-order chi connectivity index (χ1) is 24.3. The number of Topliss-reactive ketones (excluding diaryl/α,β-unsaturated/α-hetero) is 1. The summed E-state index contributed by atoms with van der Waals surface area (Å²) in [7, 11) is 8.50. The number of carboxylic acids is 1. The lowest BCUT2D eigenvalue weighted by atomic mass is 9.82. The molecular formula is C40H66N4O8. The number of hydrogen-bond acceptors (Lipinski definition) is 8. The van der Waals surface area contributed by atoms with Crippen LogP contribution in [0.5, 0.6) is 0 Å². The van der Waals surface area contributed by atoms with Gasteiger partial charge in [-0.15, -0.1) is 0 Å². The van der Waals surface area contributed by atoms with Crippen LogP contribution in [0.4, 0.5) is 0 Å². The summed E-state index contributed by atoms with van der Waals surface area (Å²) in [5.74, 6) is -3.32. The molecule has 0 aromatic heterocycles. The highest BCUT2D eigenvalue weighted by molar-refractivity contribution is 5.92. The monoisotopic (exact) mass is 730 g/mol. The minimum atomic E-state index is -1.13. The number of carbonyl (C=O) groups is 5. The summed E-state index contributed by atoms with van der Waals surface area (Å²) in [6.07, 6.45) is 1.01. The van der Waals surface area contributed by atoms with Gasteiger partial charge < -0.3 is 29.7 Å². The summed E-state index contributed by atoms with van der Waals surface area (Å²) in [5, 5.41) is 12.5. The molecule has 1 aliphatic rings. The van der Waals surface area contributed by atoms with Crippen LogP contribution in [0.25, 0.3) is 0 Å². The van der Waals surface area contributed by atoms with E-state index in [1.54, 1.807) is 30.9 Å². The third kappa shape index (κ3) is 11.3. The van der Waals surface area contributed by atoms with Crippen molar-refractivity contribution in [1.29, 1.82) is 0 Å². The van der Waals surface area contributed by atoms with Gasteiger partial charge in [0.25, 0.3) is 0 Å². The Morgan fingerprint density at radius 2 is 1.60 bits per heavy atom. The number of rotatable bonds is 21. The van der Waals surface area contributed by atoms with E-state index in [0.29, 0.717) is 19.4 Å². The Bertz CT molecular complexity index is 1340. The number of carboxylic acid groups (broad SMARTS) is 1. The predicted octanol–water partition coefficient (Wildman–Crippen LogP) is 4.29. The van der Waals surface area contributed by atoms with Crippen molar-refractivity contribution in [2.75, 3.05) is 41.9 Å². The molecule has 294 valence electrons. The maximum atomic E-state index is 14.2. The van der Waals surface area contributed by atoms with Crippen molar-refractivity contribution in [3.8, 4) is 0 Å². The molecular weight excluding hydrogens is 664 g/mol. The summed E-state index contributed by atoms with van der Waals surface area (Å²) >= 11 is 0. The van der Waals surface area contributed by atoms with Gasteiger partial charge in [-0.25, -0.2) is 4.79 Å². The lowest BCUT2D eigenvalue weighted by molar-refractivity contribution is -0.149. The van der Waals surface area contributed by atoms with Crippen LogP contribution < -0.4 is 5.32 Å². The molecule has 1 fully saturated rings. The first-order valence-corrected chi connectivity index (χ1v) is 18.7. The second kappa shape index (κ2) is 20.2. The van der Waals surface area contributed by atoms with E-state index >= 15 is 0 Å². The zero-order valence-electron chi connectivity index (χ0n) is 33.7. The van der Waals surface area contributed by atoms with Gasteiger partial charge in [-0.3, -0.25) is 24.1 Å². The van der Waals surface area contributed by atoms with Gasteiger partial charge >= 0.3 is 5.97 Å². The summed E-state index contributed by atoms with van der Waals surface area (Å²) < 4.78 is 11.9. The molecule has 0 radical (unpaired) electrons. The normalized spacial score (nSPS) is 19.0. The Labute approximate surface area is 311 Å². The highest BCUT2D eigenvalue weighted by Crippen LogP contribution is 2.31. The van der Waals surface area contributed by atoms with E-state index in [9.17, 15) is 29.1 Å². The van der Waals surface area contributed by atoms with Crippen molar-refractivity contribution in [2.45, 2.75) is 123 Å². The molecule has 0 unspecified atom stereocenters. The van der Waals surface area contributed by atoms with Crippen LogP contribution >= 0.6 is 0 Å². The fourth-order valence-corrected chi connectivity index (χ4v) is 7.23. The SMILES string of the molecule is CC[C@H](C)[C@@H]([C@@H](CC(=O)N1CCC[C@H]1[C@H](OC)[C@@H](C)C(=O)N[C@@H](Cc1ccccc1)C(=O)O)OC)N(C)C(=O)[C@@H](CC(=O)C(C)(C)N(C)C)C(C)C. The molecule has 12 nitrogen and oxygen atoms in total. The van der Waals surface area contributed by atoms with Crippen molar-refractivity contribution in [2.24, 2.45) is 23.7 Å². The minimum absolute atomic E-state index is 0.00768. The van der Waals surface area contributed by atoms with Crippen molar-refractivity contribution in [3.63, 3.8) is 0 Å². The lowest BCUT2D eigenvalue weighted by Gasteiger charge is -2.41. The van der Waals surface area contributed by atoms with Crippen LogP contribution in [0.1, 0.15) is 86.1 Å². The number of amides is 3. The molecule has 1 saturated heterocycles. The number of hydrogen-bond donors (Lipinski definition) is 2. The van der Waals surface area contributed by atoms with Gasteiger partial charge in [0.15, 0.2) is 5.78 Å². The summed E-state index contributed by atoms with van der Waals surface area (Å²) in [6, 6.07) is 7.14. The van der Waals surface area contributed by atoms with Crippen LogP contribution in [0, 0.1) is 23.7 Å². The molecule has 12 heteroatoms. The number of nitrogens with one attached hydrogen (secondary N) is 1. The van der Waals surface area contributed by atoms with E-state index in [0.717, 1.165) is 12.0 Å². The number of benzene rings is 1. The summed E-state index contributed by atoms with van der Waals surface area (Å²) in [6.45, 7) is 13.9. The predicted molar refractivity (Wildman–Crippen MR) is 202 cm³/mol. The number of likely N-dealkylation sites (N-methyl/N-ethyl adjacent to an activating group) is 2. The number of likely N-dealkylation sites (tertiary alicyclic amines) is 1. The Morgan fingerprint density at radius 1 is 0.981 bits per heavy atom. The second-order valence-electron chi connectivity index (χ2n) is 15.6. The lowest BCUT2D eigenvalue weighted by Crippen LogP contribution is -2.55. The fraction of sp³-hybridized carbons (Fsp3) is 0.725. The third-order valence-electron chi connectivity index (χ3n) is 11.5. The zero-order valence-corrected chi connectivity index (χ0v) is 33.7. The fourth-order valence-electron chi connectivity index (χ4n) is 7.23. The average Bonchev–Trinajstić information content (AvgIpc) is 3.59. The largest absolute Gasteiger partial charge is 0.480 e. The standard InChI is InChI=1S/C40H66N4O8/c1-13-26(4)35(43(10)38(48)29(25(2)3)23-33(45)40(6,7)42(8)9)32(51-11)24-34(46)44-21-17-20-31(44)36(52-12)27(5)37(47)41-30(39(49)50)22-28-18-15-14-16-19-28/h14-16,18-19,25-27,29-32,35-36H,13,17,20-24H2,1-12H3,(H,41,47)(H,49,50)/t26-,27+,29-,30-,31-,32+,35-,36+/m0/s1. The highest BCUT2D eigenvalue weighted by atomic mass is 16.5. The van der Waals surface area contributed by atoms with Crippen molar-refractivity contribution in [1.82, 2.24) is 20.0 Å². The molecule has 0 bridgehead atoms. The molecule has 0 aliphatic carbocycles. The second-order valence-corrected chi connectivity index (χ2v) is 15.6. The van der Waals surface area contributed by atoms with Gasteiger partial charge in [-0.2, -0.15) is 0 Å². The van der Waals surface area contributed by atoms with Gasteiger partial charge in [-0.05, 0) is 58.2 Å². The van der Waals surface area contributed by atoms with Crippen molar-refractivity contribution >= 4 is 29.5 Å². The van der Waals surface area contributed by atoms with Gasteiger partial charge in [0, 0.05) is 46.6 Å². The number of ketones is 1. The molecule has 1 aromatic rings. The van der Waals surface area contributed by atoms with Crippen LogP contribution in [0.3, 0.4) is 0 Å². The maximum Gasteiger partial charge on any atom is 0.326 e. The minimum Gasteiger partial charge on any atom is -0.480 e. The van der Waals surface area contributed by atoms with E-state index in [1.807, 2.05) is 90.9 Å². The molecule has 3 amide bonds. The van der Waals surface area contributed by atoms with Gasteiger partial charge in [0.05, 0.1) is 42.2 Å². The number of methoxy groups -OCH3 is 2. The number of carbonyl (C=O) groups excluding carboxylic acids is 4. The Hall–Kier alpha value is -3.35. The van der Waals surface area contributed by atoms with Gasteiger partial charge in [-0.1, -0.05) is 71.4 Å². The van der Waals surface area contributed by atoms with Crippen LogP contribution in [0.2, 0.25) is 0 Å². The van der Waals surface area contributed by atoms with Gasteiger partial charge in [0.2, 0.25) is 17.7 Å². The summed E-state index contributed by atoms with van der Waals surface area (Å²) in [4.78, 5) is 72.6. The number of ether oxygens (including phenoxy) is 2. The maximum absolute atomic E-state index is 14.2. The van der Waals surface area contributed by atoms with Crippen LogP contribution in [0.15, 0.2) is 30.3 Å². The average molecular weight is 731 g/mol. The van der Waals surface area contributed by atoms with E-state index < -0.39 is 59.6 Å². The molecule has 2 rings (SSSR count). The molecule has 2 N–H and O–H groups in total. The number of aliphatic carboxylic acids is 1. The van der Waals surface area contributed by atoms with E-state index in [4.69, 9.17) is 9.47 Å². The quantitative estimate of drug-likeness (QED) is 0.189. The molecule has 0 spiro atoms. The first-order valence-electron chi connectivity index (χ1n) is 18.7. The Morgan fingerprint density at radius 3 is 2.10 bits per heavy atom. The van der Waals surface area contributed by atoms with Gasteiger partial charge in [0.1, 0.15) is 6.04 Å². The highest BCUT2D eigenvalue weighted by Gasteiger charge is 2.44. The third-order valence-corrected chi connectivity index (χ3v) is 11.5. The smallest absolute Gasteiger partial charge is 0.326 e. The van der Waals surface area contributed by atoms with Crippen molar-refractivity contribution < 1.29 is 38.6 Å². The molecule has 8 atom stereocenters. The van der Waals surface area contributed by atoms with Crippen LogP contribution in [-0.4, -0.2) is 127 Å². The zero-order chi connectivity index (χ0) is 39.5. The Kier molecular flexibility index (Phi) is 17.4. The van der Waals surface area contributed by atoms with E-state index in [1.165, 1.54) is 7.11 Å².